The molecule has 2 aromatic carbocycles. The molecule has 0 bridgehead atoms. The number of ketones is 1. The minimum Gasteiger partial charge on any atom is -0.420 e. The highest BCUT2D eigenvalue weighted by atomic mass is 19.4. The van der Waals surface area contributed by atoms with Crippen molar-refractivity contribution in [3.8, 4) is 0 Å². The fourth-order valence-electron chi connectivity index (χ4n) is 5.97. The average molecular weight is 605 g/mol. The van der Waals surface area contributed by atoms with E-state index in [1.165, 1.54) is 5.56 Å². The van der Waals surface area contributed by atoms with E-state index in [9.17, 15) is 18.0 Å². The molecule has 2 aliphatic rings. The summed E-state index contributed by atoms with van der Waals surface area (Å²) in [6, 6.07) is 23.5. The topological polar surface area (TPSA) is 71.7 Å². The summed E-state index contributed by atoms with van der Waals surface area (Å²) in [4.78, 5) is 25.2. The van der Waals surface area contributed by atoms with Crippen molar-refractivity contribution in [3.63, 3.8) is 0 Å². The molecule has 10 heteroatoms. The Bertz CT molecular complexity index is 1510. The van der Waals surface area contributed by atoms with Crippen molar-refractivity contribution >= 4 is 17.6 Å². The molecule has 2 fully saturated rings. The number of oxazole rings is 1. The van der Waals surface area contributed by atoms with E-state index in [0.717, 1.165) is 50.2 Å². The van der Waals surface area contributed by atoms with Crippen molar-refractivity contribution in [2.75, 3.05) is 36.0 Å². The van der Waals surface area contributed by atoms with Crippen LogP contribution in [0, 0.1) is 0 Å². The second-order valence-electron chi connectivity index (χ2n) is 11.5. The van der Waals surface area contributed by atoms with Crippen molar-refractivity contribution in [1.82, 2.24) is 9.97 Å². The number of aromatic nitrogens is 2. The molecular weight excluding hydrogens is 569 g/mol. The number of carbonyl (C=O) groups is 1. The number of benzene rings is 2. The lowest BCUT2D eigenvalue weighted by atomic mass is 9.90. The Morgan fingerprint density at radius 2 is 1.50 bits per heavy atom. The molecule has 0 radical (unpaired) electrons. The van der Waals surface area contributed by atoms with Gasteiger partial charge in [0.1, 0.15) is 5.82 Å². The Balaban J connectivity index is 1.05. The largest absolute Gasteiger partial charge is 0.437 e. The van der Waals surface area contributed by atoms with Crippen LogP contribution < -0.4 is 9.80 Å². The Morgan fingerprint density at radius 3 is 2.14 bits per heavy atom. The summed E-state index contributed by atoms with van der Waals surface area (Å²) in [5, 5.41) is 0. The van der Waals surface area contributed by atoms with Crippen LogP contribution in [0.4, 0.5) is 25.0 Å². The first-order valence-corrected chi connectivity index (χ1v) is 15.1. The molecule has 0 amide bonds. The van der Waals surface area contributed by atoms with Crippen LogP contribution in [0.1, 0.15) is 64.5 Å². The summed E-state index contributed by atoms with van der Waals surface area (Å²) < 4.78 is 53.3. The molecule has 0 aliphatic carbocycles. The number of carbonyl (C=O) groups excluding carboxylic acids is 1. The first kappa shape index (κ1) is 29.9. The van der Waals surface area contributed by atoms with Crippen LogP contribution >= 0.6 is 0 Å². The Hall–Kier alpha value is -4.18. The monoisotopic (exact) mass is 604 g/mol. The fourth-order valence-corrected chi connectivity index (χ4v) is 5.97. The van der Waals surface area contributed by atoms with Crippen LogP contribution in [0.3, 0.4) is 0 Å². The molecule has 2 aliphatic heterocycles. The van der Waals surface area contributed by atoms with Gasteiger partial charge in [-0.2, -0.15) is 18.2 Å². The molecule has 6 rings (SSSR count). The lowest BCUT2D eigenvalue weighted by Crippen LogP contribution is -2.37. The zero-order valence-corrected chi connectivity index (χ0v) is 24.4. The average Bonchev–Trinajstić information content (AvgIpc) is 3.53. The van der Waals surface area contributed by atoms with E-state index in [-0.39, 0.29) is 18.5 Å². The Kier molecular flexibility index (Phi) is 8.97. The molecular formula is C34H35F3N4O3. The third-order valence-corrected chi connectivity index (χ3v) is 8.44. The minimum atomic E-state index is -4.81. The maximum atomic E-state index is 13.9. The molecule has 44 heavy (non-hydrogen) atoms. The number of halogens is 3. The van der Waals surface area contributed by atoms with E-state index in [0.29, 0.717) is 31.2 Å². The van der Waals surface area contributed by atoms with Gasteiger partial charge in [0.15, 0.2) is 5.69 Å². The van der Waals surface area contributed by atoms with Gasteiger partial charge in [0.25, 0.3) is 6.01 Å². The number of rotatable bonds is 9. The number of nitrogens with zero attached hydrogens (tertiary/aromatic N) is 4. The molecule has 0 unspecified atom stereocenters. The number of alkyl halides is 3. The second-order valence-corrected chi connectivity index (χ2v) is 11.5. The maximum absolute atomic E-state index is 13.9. The summed E-state index contributed by atoms with van der Waals surface area (Å²) in [5.41, 5.74) is 1.59. The van der Waals surface area contributed by atoms with Gasteiger partial charge in [-0.15, -0.1) is 0 Å². The van der Waals surface area contributed by atoms with Gasteiger partial charge >= 0.3 is 6.18 Å². The van der Waals surface area contributed by atoms with Gasteiger partial charge in [-0.05, 0) is 54.4 Å². The van der Waals surface area contributed by atoms with E-state index >= 15 is 0 Å². The number of hydrogen-bond acceptors (Lipinski definition) is 7. The highest BCUT2D eigenvalue weighted by molar-refractivity contribution is 5.96. The Morgan fingerprint density at radius 1 is 0.841 bits per heavy atom. The summed E-state index contributed by atoms with van der Waals surface area (Å²) in [7, 11) is 0. The highest BCUT2D eigenvalue weighted by Gasteiger charge is 2.42. The van der Waals surface area contributed by atoms with Crippen LogP contribution in [-0.2, 0) is 23.9 Å². The normalized spacial score (nSPS) is 16.8. The van der Waals surface area contributed by atoms with E-state index in [2.05, 4.69) is 27.0 Å². The summed E-state index contributed by atoms with van der Waals surface area (Å²) in [6.07, 6.45) is -0.108. The second kappa shape index (κ2) is 13.2. The minimum absolute atomic E-state index is 0.156. The molecule has 0 spiro atoms. The maximum Gasteiger partial charge on any atom is 0.437 e. The van der Waals surface area contributed by atoms with Gasteiger partial charge in [-0.3, -0.25) is 4.79 Å². The van der Waals surface area contributed by atoms with Crippen LogP contribution in [0.2, 0.25) is 0 Å². The number of hydrogen-bond donors (Lipinski definition) is 0. The van der Waals surface area contributed by atoms with Crippen LogP contribution in [-0.4, -0.2) is 48.0 Å². The van der Waals surface area contributed by atoms with Gasteiger partial charge in [0.05, 0.1) is 12.7 Å². The zero-order valence-electron chi connectivity index (χ0n) is 24.4. The first-order valence-electron chi connectivity index (χ1n) is 15.1. The fraction of sp³-hybridized carbons (Fsp3) is 0.382. The lowest BCUT2D eigenvalue weighted by Gasteiger charge is -2.32. The highest BCUT2D eigenvalue weighted by Crippen LogP contribution is 2.37. The molecule has 230 valence electrons. The van der Waals surface area contributed by atoms with Crippen LogP contribution in [0.15, 0.2) is 83.4 Å². The number of Topliss-reactive ketones (excluding diaryl/α,β-unsaturated/α-hetero) is 1. The standard InChI is InChI=1S/C34H35F3N4O3/c35-34(36,37)32-31(44-33(39-32)41-17-13-27(14-18-41)26-9-5-2-6-10-26)29(42)21-25-11-12-30(38-22-25)40-19-15-28(16-20-40)43-23-24-7-3-1-4-8-24/h1-12,22,27-28H,13-21,23H2. The summed E-state index contributed by atoms with van der Waals surface area (Å²) in [5.74, 6) is -0.444. The third-order valence-electron chi connectivity index (χ3n) is 8.44. The van der Waals surface area contributed by atoms with Gasteiger partial charge in [0, 0.05) is 38.8 Å². The van der Waals surface area contributed by atoms with Gasteiger partial charge in [-0.1, -0.05) is 66.7 Å². The predicted octanol–water partition coefficient (Wildman–Crippen LogP) is 7.08. The van der Waals surface area contributed by atoms with Gasteiger partial charge < -0.3 is 19.0 Å². The number of ether oxygens (including phenoxy) is 1. The van der Waals surface area contributed by atoms with Gasteiger partial charge in [-0.25, -0.2) is 4.98 Å². The molecule has 2 saturated heterocycles. The number of piperidine rings is 2. The lowest BCUT2D eigenvalue weighted by molar-refractivity contribution is -0.141. The molecule has 4 heterocycles. The van der Waals surface area contributed by atoms with Crippen LogP contribution in [0.5, 0.6) is 0 Å². The van der Waals surface area contributed by atoms with Crippen molar-refractivity contribution in [2.24, 2.45) is 0 Å². The third kappa shape index (κ3) is 7.13. The summed E-state index contributed by atoms with van der Waals surface area (Å²) in [6.45, 7) is 3.13. The number of anilines is 2. The zero-order chi connectivity index (χ0) is 30.5. The van der Waals surface area contributed by atoms with E-state index in [4.69, 9.17) is 9.15 Å². The quantitative estimate of drug-likeness (QED) is 0.189. The molecule has 2 aromatic heterocycles. The Labute approximate surface area is 254 Å². The van der Waals surface area contributed by atoms with Crippen molar-refractivity contribution in [2.45, 2.75) is 56.9 Å². The van der Waals surface area contributed by atoms with Crippen molar-refractivity contribution in [3.05, 3.63) is 107 Å². The van der Waals surface area contributed by atoms with E-state index < -0.39 is 23.4 Å². The van der Waals surface area contributed by atoms with Crippen molar-refractivity contribution < 1.29 is 27.1 Å². The summed E-state index contributed by atoms with van der Waals surface area (Å²) >= 11 is 0. The predicted molar refractivity (Wildman–Crippen MR) is 161 cm³/mol. The molecule has 0 atom stereocenters. The molecule has 4 aromatic rings. The number of pyridine rings is 1. The molecule has 7 nitrogen and oxygen atoms in total. The smallest absolute Gasteiger partial charge is 0.420 e. The SMILES string of the molecule is O=C(Cc1ccc(N2CCC(OCc3ccccc3)CC2)nc1)c1oc(N2CCC(c3ccccc3)CC2)nc1C(F)(F)F. The molecule has 0 N–H and O–H groups in total. The van der Waals surface area contributed by atoms with E-state index in [1.54, 1.807) is 23.2 Å². The van der Waals surface area contributed by atoms with Crippen LogP contribution in [0.25, 0.3) is 0 Å². The van der Waals surface area contributed by atoms with Gasteiger partial charge in [0.2, 0.25) is 11.5 Å². The molecule has 0 saturated carbocycles. The first-order chi connectivity index (χ1) is 21.3. The van der Waals surface area contributed by atoms with Crippen molar-refractivity contribution in [1.29, 1.82) is 0 Å². The van der Waals surface area contributed by atoms with E-state index in [1.807, 2.05) is 48.5 Å².